The molecular formula is C13H23N3O. The van der Waals surface area contributed by atoms with Crippen LogP contribution < -0.4 is 5.32 Å². The Balaban J connectivity index is 1.60. The number of hydrogen-bond donors (Lipinski definition) is 2. The standard InChI is InChI=1S/C13H23N3O/c1-16-10-12(8-15-16)7-14-9-13(17)6-11-4-2-3-5-11/h8,10-11,13-14,17H,2-7,9H2,1H3. The fourth-order valence-electron chi connectivity index (χ4n) is 2.66. The van der Waals surface area contributed by atoms with E-state index in [9.17, 15) is 5.11 Å². The molecule has 1 aliphatic rings. The summed E-state index contributed by atoms with van der Waals surface area (Å²) in [6, 6.07) is 0. The first-order valence-electron chi connectivity index (χ1n) is 6.60. The zero-order valence-electron chi connectivity index (χ0n) is 10.6. The molecule has 1 heterocycles. The average molecular weight is 237 g/mol. The van der Waals surface area contributed by atoms with Gasteiger partial charge in [-0.2, -0.15) is 5.10 Å². The summed E-state index contributed by atoms with van der Waals surface area (Å²) in [6.45, 7) is 1.47. The van der Waals surface area contributed by atoms with Gasteiger partial charge in [-0.05, 0) is 12.3 Å². The van der Waals surface area contributed by atoms with Gasteiger partial charge in [0.25, 0.3) is 0 Å². The summed E-state index contributed by atoms with van der Waals surface area (Å²) in [5, 5.41) is 17.3. The van der Waals surface area contributed by atoms with Crippen molar-refractivity contribution in [3.63, 3.8) is 0 Å². The molecule has 0 aliphatic heterocycles. The van der Waals surface area contributed by atoms with Crippen LogP contribution in [-0.4, -0.2) is 27.5 Å². The van der Waals surface area contributed by atoms with Crippen LogP contribution in [0.15, 0.2) is 12.4 Å². The molecule has 0 saturated heterocycles. The van der Waals surface area contributed by atoms with E-state index in [2.05, 4.69) is 10.4 Å². The minimum atomic E-state index is -0.199. The van der Waals surface area contributed by atoms with Gasteiger partial charge in [0.15, 0.2) is 0 Å². The molecule has 4 heteroatoms. The summed E-state index contributed by atoms with van der Waals surface area (Å²) in [4.78, 5) is 0. The molecule has 1 aromatic heterocycles. The van der Waals surface area contributed by atoms with E-state index in [0.29, 0.717) is 6.54 Å². The molecule has 96 valence electrons. The van der Waals surface area contributed by atoms with Gasteiger partial charge in [0.1, 0.15) is 0 Å². The highest BCUT2D eigenvalue weighted by molar-refractivity contribution is 5.02. The van der Waals surface area contributed by atoms with Crippen molar-refractivity contribution in [1.29, 1.82) is 0 Å². The number of aliphatic hydroxyl groups is 1. The van der Waals surface area contributed by atoms with E-state index in [1.54, 1.807) is 4.68 Å². The van der Waals surface area contributed by atoms with E-state index in [4.69, 9.17) is 0 Å². The third kappa shape index (κ3) is 4.13. The van der Waals surface area contributed by atoms with Crippen molar-refractivity contribution in [3.8, 4) is 0 Å². The summed E-state index contributed by atoms with van der Waals surface area (Å²) in [5.41, 5.74) is 1.17. The summed E-state index contributed by atoms with van der Waals surface area (Å²) < 4.78 is 1.80. The molecule has 0 spiro atoms. The molecule has 17 heavy (non-hydrogen) atoms. The summed E-state index contributed by atoms with van der Waals surface area (Å²) in [7, 11) is 1.92. The first-order valence-corrected chi connectivity index (χ1v) is 6.60. The van der Waals surface area contributed by atoms with Gasteiger partial charge in [-0.25, -0.2) is 0 Å². The van der Waals surface area contributed by atoms with Gasteiger partial charge in [-0.1, -0.05) is 25.7 Å². The Morgan fingerprint density at radius 2 is 2.29 bits per heavy atom. The Labute approximate surface area is 103 Å². The molecule has 1 fully saturated rings. The number of hydrogen-bond acceptors (Lipinski definition) is 3. The molecule has 1 saturated carbocycles. The third-order valence-corrected chi connectivity index (χ3v) is 3.55. The molecule has 0 radical (unpaired) electrons. The molecule has 2 N–H and O–H groups in total. The maximum Gasteiger partial charge on any atom is 0.0667 e. The lowest BCUT2D eigenvalue weighted by Gasteiger charge is -2.15. The SMILES string of the molecule is Cn1cc(CNCC(O)CC2CCCC2)cn1. The Morgan fingerprint density at radius 1 is 1.53 bits per heavy atom. The second-order valence-electron chi connectivity index (χ2n) is 5.19. The number of aliphatic hydroxyl groups excluding tert-OH is 1. The van der Waals surface area contributed by atoms with Crippen molar-refractivity contribution in [2.24, 2.45) is 13.0 Å². The fraction of sp³-hybridized carbons (Fsp3) is 0.769. The van der Waals surface area contributed by atoms with Gasteiger partial charge >= 0.3 is 0 Å². The normalized spacial score (nSPS) is 18.7. The largest absolute Gasteiger partial charge is 0.392 e. The molecule has 0 bridgehead atoms. The van der Waals surface area contributed by atoms with E-state index in [1.165, 1.54) is 31.2 Å². The number of nitrogens with zero attached hydrogens (tertiary/aromatic N) is 2. The smallest absolute Gasteiger partial charge is 0.0667 e. The predicted octanol–water partition coefficient (Wildman–Crippen LogP) is 1.45. The van der Waals surface area contributed by atoms with Crippen LogP contribution in [0.4, 0.5) is 0 Å². The number of nitrogens with one attached hydrogen (secondary N) is 1. The van der Waals surface area contributed by atoms with Crippen LogP contribution in [0.25, 0.3) is 0 Å². The van der Waals surface area contributed by atoms with Crippen molar-refractivity contribution < 1.29 is 5.11 Å². The lowest BCUT2D eigenvalue weighted by Crippen LogP contribution is -2.27. The predicted molar refractivity (Wildman–Crippen MR) is 67.5 cm³/mol. The molecule has 2 rings (SSSR count). The van der Waals surface area contributed by atoms with Crippen LogP contribution in [0.1, 0.15) is 37.7 Å². The molecule has 1 aliphatic carbocycles. The summed E-state index contributed by atoms with van der Waals surface area (Å²) in [6.07, 6.45) is 9.92. The highest BCUT2D eigenvalue weighted by Gasteiger charge is 2.18. The van der Waals surface area contributed by atoms with Crippen LogP contribution in [0.5, 0.6) is 0 Å². The van der Waals surface area contributed by atoms with Crippen LogP contribution in [0.3, 0.4) is 0 Å². The molecule has 1 unspecified atom stereocenters. The zero-order chi connectivity index (χ0) is 12.1. The van der Waals surface area contributed by atoms with Crippen molar-refractivity contribution in [2.75, 3.05) is 6.54 Å². The maximum atomic E-state index is 9.91. The van der Waals surface area contributed by atoms with Crippen molar-refractivity contribution in [2.45, 2.75) is 44.8 Å². The van der Waals surface area contributed by atoms with E-state index >= 15 is 0 Å². The van der Waals surface area contributed by atoms with Crippen molar-refractivity contribution in [3.05, 3.63) is 18.0 Å². The van der Waals surface area contributed by atoms with Gasteiger partial charge in [0.2, 0.25) is 0 Å². The number of aromatic nitrogens is 2. The van der Waals surface area contributed by atoms with Crippen molar-refractivity contribution in [1.82, 2.24) is 15.1 Å². The van der Waals surface area contributed by atoms with Gasteiger partial charge in [0.05, 0.1) is 12.3 Å². The van der Waals surface area contributed by atoms with E-state index < -0.39 is 0 Å². The molecule has 0 amide bonds. The summed E-state index contributed by atoms with van der Waals surface area (Å²) in [5.74, 6) is 0.755. The Bertz CT molecular complexity index is 331. The molecule has 0 aromatic carbocycles. The van der Waals surface area contributed by atoms with Gasteiger partial charge in [-0.15, -0.1) is 0 Å². The topological polar surface area (TPSA) is 50.1 Å². The second-order valence-corrected chi connectivity index (χ2v) is 5.19. The van der Waals surface area contributed by atoms with Crippen LogP contribution >= 0.6 is 0 Å². The van der Waals surface area contributed by atoms with Crippen LogP contribution in [-0.2, 0) is 13.6 Å². The van der Waals surface area contributed by atoms with Crippen LogP contribution in [0, 0.1) is 5.92 Å². The second kappa shape index (κ2) is 6.17. The zero-order valence-corrected chi connectivity index (χ0v) is 10.6. The molecule has 1 aromatic rings. The van der Waals surface area contributed by atoms with E-state index in [1.807, 2.05) is 19.4 Å². The minimum Gasteiger partial charge on any atom is -0.392 e. The first-order chi connectivity index (χ1) is 8.24. The maximum absolute atomic E-state index is 9.91. The summed E-state index contributed by atoms with van der Waals surface area (Å²) >= 11 is 0. The Morgan fingerprint density at radius 3 is 2.94 bits per heavy atom. The molecule has 4 nitrogen and oxygen atoms in total. The van der Waals surface area contributed by atoms with Crippen molar-refractivity contribution >= 4 is 0 Å². The number of rotatable bonds is 6. The lowest BCUT2D eigenvalue weighted by atomic mass is 10.00. The average Bonchev–Trinajstić information content (AvgIpc) is 2.90. The Hall–Kier alpha value is -0.870. The van der Waals surface area contributed by atoms with Gasteiger partial charge in [0, 0.05) is 31.9 Å². The van der Waals surface area contributed by atoms with Gasteiger partial charge < -0.3 is 10.4 Å². The highest BCUT2D eigenvalue weighted by Crippen LogP contribution is 2.28. The Kier molecular flexibility index (Phi) is 4.57. The fourth-order valence-corrected chi connectivity index (χ4v) is 2.66. The highest BCUT2D eigenvalue weighted by atomic mass is 16.3. The molecule has 1 atom stereocenters. The molecular weight excluding hydrogens is 214 g/mol. The first kappa shape index (κ1) is 12.6. The number of aryl methyl sites for hydroxylation is 1. The van der Waals surface area contributed by atoms with Crippen LogP contribution in [0.2, 0.25) is 0 Å². The third-order valence-electron chi connectivity index (χ3n) is 3.55. The van der Waals surface area contributed by atoms with E-state index in [-0.39, 0.29) is 6.10 Å². The van der Waals surface area contributed by atoms with Gasteiger partial charge in [-0.3, -0.25) is 4.68 Å². The lowest BCUT2D eigenvalue weighted by molar-refractivity contribution is 0.140. The monoisotopic (exact) mass is 237 g/mol. The van der Waals surface area contributed by atoms with E-state index in [0.717, 1.165) is 18.9 Å². The quantitative estimate of drug-likeness (QED) is 0.787. The minimum absolute atomic E-state index is 0.199.